The Hall–Kier alpha value is -1.00. The van der Waals surface area contributed by atoms with Gasteiger partial charge >= 0.3 is 0 Å². The highest BCUT2D eigenvalue weighted by atomic mass is 32.2. The Kier molecular flexibility index (Phi) is 3.69. The summed E-state index contributed by atoms with van der Waals surface area (Å²) in [5.41, 5.74) is 1.91. The third-order valence-electron chi connectivity index (χ3n) is 3.30. The molecule has 1 N–H and O–H groups in total. The summed E-state index contributed by atoms with van der Waals surface area (Å²) in [7, 11) is 1.73. The zero-order valence-corrected chi connectivity index (χ0v) is 11.9. The molecule has 0 aromatic heterocycles. The van der Waals surface area contributed by atoms with Gasteiger partial charge in [0, 0.05) is 18.5 Å². The molecule has 18 heavy (non-hydrogen) atoms. The number of anilines is 1. The molecule has 3 nitrogen and oxygen atoms in total. The lowest BCUT2D eigenvalue weighted by molar-refractivity contribution is -0.134. The van der Waals surface area contributed by atoms with Crippen LogP contribution in [0.2, 0.25) is 0 Å². The minimum Gasteiger partial charge on any atom is -0.379 e. The van der Waals surface area contributed by atoms with E-state index in [1.807, 2.05) is 26.0 Å². The van der Waals surface area contributed by atoms with Crippen LogP contribution in [0.25, 0.3) is 0 Å². The maximum atomic E-state index is 12.4. The van der Waals surface area contributed by atoms with Crippen molar-refractivity contribution in [3.8, 4) is 0 Å². The van der Waals surface area contributed by atoms with Gasteiger partial charge in [-0.2, -0.15) is 11.8 Å². The molecule has 1 heterocycles. The number of likely N-dealkylation sites (N-methyl/N-ethyl adjacent to an activating group) is 1. The van der Waals surface area contributed by atoms with E-state index in [0.717, 1.165) is 22.6 Å². The summed E-state index contributed by atoms with van der Waals surface area (Å²) in [4.78, 5) is 13.9. The van der Waals surface area contributed by atoms with E-state index in [9.17, 15) is 9.90 Å². The predicted molar refractivity (Wildman–Crippen MR) is 76.2 cm³/mol. The first-order valence-electron chi connectivity index (χ1n) is 6.09. The number of nitrogens with zero attached hydrogens (tertiary/aromatic N) is 1. The number of hydrogen-bond donors (Lipinski definition) is 1. The monoisotopic (exact) mass is 265 g/mol. The number of aliphatic hydroxyl groups is 1. The van der Waals surface area contributed by atoms with E-state index >= 15 is 0 Å². The molecule has 2 rings (SSSR count). The molecule has 1 aromatic carbocycles. The minimum atomic E-state index is -1.18. The van der Waals surface area contributed by atoms with Crippen LogP contribution in [0.3, 0.4) is 0 Å². The fraction of sp³-hybridized carbons (Fsp3) is 0.500. The van der Waals surface area contributed by atoms with Crippen LogP contribution < -0.4 is 4.90 Å². The lowest BCUT2D eigenvalue weighted by Gasteiger charge is -2.27. The molecule has 0 saturated carbocycles. The molecule has 1 saturated heterocycles. The van der Waals surface area contributed by atoms with Gasteiger partial charge in [0.05, 0.1) is 0 Å². The molecule has 4 heteroatoms. The van der Waals surface area contributed by atoms with Crippen LogP contribution >= 0.6 is 11.8 Å². The summed E-state index contributed by atoms with van der Waals surface area (Å²) < 4.78 is 0. The number of hydrogen-bond acceptors (Lipinski definition) is 3. The Balaban J connectivity index is 2.25. The Morgan fingerprint density at radius 3 is 2.44 bits per heavy atom. The van der Waals surface area contributed by atoms with Gasteiger partial charge in [-0.15, -0.1) is 0 Å². The van der Waals surface area contributed by atoms with Crippen molar-refractivity contribution in [3.63, 3.8) is 0 Å². The smallest absolute Gasteiger partial charge is 0.259 e. The number of amides is 1. The van der Waals surface area contributed by atoms with Gasteiger partial charge in [0.1, 0.15) is 0 Å². The molecule has 1 aliphatic rings. The summed E-state index contributed by atoms with van der Waals surface area (Å²) >= 11 is 1.63. The molecule has 1 aliphatic heterocycles. The molecule has 98 valence electrons. The van der Waals surface area contributed by atoms with E-state index in [-0.39, 0.29) is 5.91 Å². The lowest BCUT2D eigenvalue weighted by atomic mass is 10.0. The van der Waals surface area contributed by atoms with Crippen molar-refractivity contribution >= 4 is 23.4 Å². The zero-order valence-electron chi connectivity index (χ0n) is 11.1. The highest BCUT2D eigenvalue weighted by molar-refractivity contribution is 7.99. The van der Waals surface area contributed by atoms with E-state index < -0.39 is 5.60 Å². The third kappa shape index (κ3) is 2.54. The van der Waals surface area contributed by atoms with E-state index in [2.05, 4.69) is 6.07 Å². The van der Waals surface area contributed by atoms with Crippen molar-refractivity contribution in [2.75, 3.05) is 23.5 Å². The number of carbonyl (C=O) groups excluding carboxylic acids is 1. The topological polar surface area (TPSA) is 40.5 Å². The van der Waals surface area contributed by atoms with E-state index in [1.165, 1.54) is 0 Å². The fourth-order valence-corrected chi connectivity index (χ4v) is 3.53. The Bertz CT molecular complexity index is 447. The average Bonchev–Trinajstić information content (AvgIpc) is 2.74. The maximum absolute atomic E-state index is 12.4. The van der Waals surface area contributed by atoms with Gasteiger partial charge in [0.15, 0.2) is 5.60 Å². The molecule has 0 spiro atoms. The van der Waals surface area contributed by atoms with Crippen LogP contribution in [-0.4, -0.2) is 35.2 Å². The molecule has 1 atom stereocenters. The van der Waals surface area contributed by atoms with Gasteiger partial charge in [-0.25, -0.2) is 0 Å². The Labute approximate surface area is 112 Å². The molecule has 0 bridgehead atoms. The van der Waals surface area contributed by atoms with Crippen LogP contribution in [0.5, 0.6) is 0 Å². The van der Waals surface area contributed by atoms with Crippen LogP contribution in [0.1, 0.15) is 17.5 Å². The van der Waals surface area contributed by atoms with Crippen molar-refractivity contribution in [1.82, 2.24) is 0 Å². The summed E-state index contributed by atoms with van der Waals surface area (Å²) in [6, 6.07) is 6.01. The van der Waals surface area contributed by atoms with Gasteiger partial charge in [-0.3, -0.25) is 4.79 Å². The Morgan fingerprint density at radius 1 is 1.33 bits per heavy atom. The lowest BCUT2D eigenvalue weighted by Crippen LogP contribution is -2.48. The van der Waals surface area contributed by atoms with Gasteiger partial charge in [-0.1, -0.05) is 6.07 Å². The SMILES string of the molecule is Cc1cc(C)cc(N(C)C(=O)C2(O)CCSC2)c1. The molecule has 1 aromatic rings. The molecule has 1 amide bonds. The largest absolute Gasteiger partial charge is 0.379 e. The molecule has 0 radical (unpaired) electrons. The molecule has 0 aliphatic carbocycles. The standard InChI is InChI=1S/C14H19NO2S/c1-10-6-11(2)8-12(7-10)15(3)13(16)14(17)4-5-18-9-14/h6-8,17H,4-5,9H2,1-3H3. The molecule has 1 fully saturated rings. The quantitative estimate of drug-likeness (QED) is 0.890. The highest BCUT2D eigenvalue weighted by Crippen LogP contribution is 2.31. The summed E-state index contributed by atoms with van der Waals surface area (Å²) in [5, 5.41) is 10.3. The normalized spacial score (nSPS) is 23.1. The van der Waals surface area contributed by atoms with Gasteiger partial charge in [0.2, 0.25) is 0 Å². The van der Waals surface area contributed by atoms with Crippen molar-refractivity contribution < 1.29 is 9.90 Å². The predicted octanol–water partition coefficient (Wildman–Crippen LogP) is 2.13. The summed E-state index contributed by atoms with van der Waals surface area (Å²) in [6.07, 6.45) is 0.547. The molecule has 1 unspecified atom stereocenters. The minimum absolute atomic E-state index is 0.197. The zero-order chi connectivity index (χ0) is 13.3. The first-order chi connectivity index (χ1) is 8.42. The van der Waals surface area contributed by atoms with Crippen LogP contribution in [0.15, 0.2) is 18.2 Å². The second kappa shape index (κ2) is 4.94. The van der Waals surface area contributed by atoms with E-state index in [4.69, 9.17) is 0 Å². The van der Waals surface area contributed by atoms with Crippen molar-refractivity contribution in [2.24, 2.45) is 0 Å². The van der Waals surface area contributed by atoms with Crippen molar-refractivity contribution in [2.45, 2.75) is 25.9 Å². The van der Waals surface area contributed by atoms with E-state index in [0.29, 0.717) is 12.2 Å². The number of rotatable bonds is 2. The van der Waals surface area contributed by atoms with Crippen molar-refractivity contribution in [1.29, 1.82) is 0 Å². The van der Waals surface area contributed by atoms with Gasteiger partial charge in [0.25, 0.3) is 5.91 Å². The van der Waals surface area contributed by atoms with E-state index in [1.54, 1.807) is 23.7 Å². The van der Waals surface area contributed by atoms with Gasteiger partial charge < -0.3 is 10.0 Å². The highest BCUT2D eigenvalue weighted by Gasteiger charge is 2.41. The second-order valence-electron chi connectivity index (χ2n) is 5.04. The maximum Gasteiger partial charge on any atom is 0.259 e. The fourth-order valence-electron chi connectivity index (χ4n) is 2.30. The number of carbonyl (C=O) groups is 1. The van der Waals surface area contributed by atoms with Crippen LogP contribution in [0, 0.1) is 13.8 Å². The van der Waals surface area contributed by atoms with Gasteiger partial charge in [-0.05, 0) is 49.3 Å². The number of benzene rings is 1. The molecular formula is C14H19NO2S. The molecular weight excluding hydrogens is 246 g/mol. The number of aryl methyl sites for hydroxylation is 2. The third-order valence-corrected chi connectivity index (χ3v) is 4.47. The summed E-state index contributed by atoms with van der Waals surface area (Å²) in [5.74, 6) is 1.15. The average molecular weight is 265 g/mol. The summed E-state index contributed by atoms with van der Waals surface area (Å²) in [6.45, 7) is 4.02. The van der Waals surface area contributed by atoms with Crippen molar-refractivity contribution in [3.05, 3.63) is 29.3 Å². The second-order valence-corrected chi connectivity index (χ2v) is 6.15. The Morgan fingerprint density at radius 2 is 1.94 bits per heavy atom. The van der Waals surface area contributed by atoms with Crippen LogP contribution in [-0.2, 0) is 4.79 Å². The first-order valence-corrected chi connectivity index (χ1v) is 7.24. The first kappa shape index (κ1) is 13.4. The van der Waals surface area contributed by atoms with Crippen LogP contribution in [0.4, 0.5) is 5.69 Å². The number of thioether (sulfide) groups is 1.